The summed E-state index contributed by atoms with van der Waals surface area (Å²) in [5, 5.41) is 23.0. The van der Waals surface area contributed by atoms with Crippen LogP contribution in [0.5, 0.6) is 0 Å². The Morgan fingerprint density at radius 3 is 1.15 bits per heavy atom. The first-order chi connectivity index (χ1) is 30.5. The van der Waals surface area contributed by atoms with Gasteiger partial charge in [0.25, 0.3) is 0 Å². The molecular weight excluding hydrogens is 767 g/mol. The molecule has 0 aliphatic rings. The molecule has 0 aromatic carbocycles. The average molecular weight is 874 g/mol. The van der Waals surface area contributed by atoms with Crippen LogP contribution in [-0.4, -0.2) is 47.4 Å². The molecule has 62 heavy (non-hydrogen) atoms. The second-order valence-electron chi connectivity index (χ2n) is 18.9. The highest BCUT2D eigenvalue weighted by Crippen LogP contribution is 2.16. The molecule has 0 radical (unpaired) electrons. The molecule has 3 N–H and O–H groups in total. The molecule has 0 heterocycles. The summed E-state index contributed by atoms with van der Waals surface area (Å²) in [7, 11) is 0. The quantitative estimate of drug-likeness (QED) is 0.0321. The van der Waals surface area contributed by atoms with Crippen molar-refractivity contribution in [1.82, 2.24) is 5.32 Å². The Morgan fingerprint density at radius 1 is 0.435 bits per heavy atom. The van der Waals surface area contributed by atoms with E-state index in [0.717, 1.165) is 70.6 Å². The molecule has 0 aromatic rings. The number of hydrogen-bond acceptors (Lipinski definition) is 5. The molecule has 0 saturated carbocycles. The zero-order chi connectivity index (χ0) is 45.1. The zero-order valence-electron chi connectivity index (χ0n) is 41.6. The third kappa shape index (κ3) is 47.8. The average Bonchev–Trinajstić information content (AvgIpc) is 3.27. The van der Waals surface area contributed by atoms with Gasteiger partial charge >= 0.3 is 5.97 Å². The van der Waals surface area contributed by atoms with Crippen LogP contribution in [0.4, 0.5) is 0 Å². The largest absolute Gasteiger partial charge is 0.466 e. The van der Waals surface area contributed by atoms with Crippen LogP contribution in [0, 0.1) is 0 Å². The van der Waals surface area contributed by atoms with Crippen molar-refractivity contribution in [3.63, 3.8) is 0 Å². The Balaban J connectivity index is 3.48. The lowest BCUT2D eigenvalue weighted by molar-refractivity contribution is -0.143. The molecule has 2 atom stereocenters. The summed E-state index contributed by atoms with van der Waals surface area (Å²) in [6, 6.07) is -0.638. The number of unbranched alkanes of at least 4 members (excludes halogenated alkanes) is 38. The van der Waals surface area contributed by atoms with Gasteiger partial charge in [0.15, 0.2) is 0 Å². The molecule has 2 unspecified atom stereocenters. The molecule has 0 rings (SSSR count). The van der Waals surface area contributed by atoms with Crippen molar-refractivity contribution in [1.29, 1.82) is 0 Å². The maximum absolute atomic E-state index is 12.4. The highest BCUT2D eigenvalue weighted by Gasteiger charge is 2.18. The summed E-state index contributed by atoms with van der Waals surface area (Å²) < 4.78 is 5.47. The highest BCUT2D eigenvalue weighted by atomic mass is 16.5. The number of ether oxygens (including phenoxy) is 1. The lowest BCUT2D eigenvalue weighted by Gasteiger charge is -2.20. The van der Waals surface area contributed by atoms with E-state index in [9.17, 15) is 19.8 Å². The van der Waals surface area contributed by atoms with Crippen molar-refractivity contribution in [2.75, 3.05) is 13.2 Å². The summed E-state index contributed by atoms with van der Waals surface area (Å²) in [5.41, 5.74) is 0. The summed E-state index contributed by atoms with van der Waals surface area (Å²) in [6.07, 6.45) is 61.9. The summed E-state index contributed by atoms with van der Waals surface area (Å²) >= 11 is 0. The van der Waals surface area contributed by atoms with Gasteiger partial charge in [-0.05, 0) is 57.8 Å². The van der Waals surface area contributed by atoms with Gasteiger partial charge < -0.3 is 20.3 Å². The van der Waals surface area contributed by atoms with E-state index in [2.05, 4.69) is 31.3 Å². The Hall–Kier alpha value is -1.66. The molecule has 366 valence electrons. The van der Waals surface area contributed by atoms with Crippen LogP contribution in [-0.2, 0) is 14.3 Å². The van der Waals surface area contributed by atoms with Gasteiger partial charge in [-0.15, -0.1) is 0 Å². The maximum atomic E-state index is 12.4. The topological polar surface area (TPSA) is 95.9 Å². The van der Waals surface area contributed by atoms with E-state index in [-0.39, 0.29) is 18.5 Å². The zero-order valence-corrected chi connectivity index (χ0v) is 41.6. The molecule has 0 aromatic heterocycles. The van der Waals surface area contributed by atoms with Crippen molar-refractivity contribution in [3.8, 4) is 0 Å². The van der Waals surface area contributed by atoms with Crippen molar-refractivity contribution in [2.45, 2.75) is 309 Å². The van der Waals surface area contributed by atoms with Crippen molar-refractivity contribution < 1.29 is 24.5 Å². The van der Waals surface area contributed by atoms with Crippen molar-refractivity contribution in [3.05, 3.63) is 24.3 Å². The number of aliphatic hydroxyl groups excluding tert-OH is 2. The summed E-state index contributed by atoms with van der Waals surface area (Å²) in [4.78, 5) is 24.5. The predicted octanol–water partition coefficient (Wildman–Crippen LogP) is 16.7. The van der Waals surface area contributed by atoms with Gasteiger partial charge in [-0.1, -0.05) is 250 Å². The van der Waals surface area contributed by atoms with E-state index in [4.69, 9.17) is 4.74 Å². The SMILES string of the molecule is CCCCCCCCCCCCCC/C=C/C(O)C(CO)NC(=O)CCCCCCCCC/C=C\CCCCCCOC(=O)CCCCCCCCCCCCCCCCCC. The number of rotatable bonds is 51. The Bertz CT molecular complexity index is 966. The molecular formula is C56H107NO5. The molecule has 1 amide bonds. The van der Waals surface area contributed by atoms with E-state index < -0.39 is 12.1 Å². The van der Waals surface area contributed by atoms with E-state index in [1.807, 2.05) is 6.08 Å². The predicted molar refractivity (Wildman–Crippen MR) is 269 cm³/mol. The monoisotopic (exact) mass is 874 g/mol. The van der Waals surface area contributed by atoms with Gasteiger partial charge in [0.1, 0.15) is 0 Å². The standard InChI is InChI=1S/C56H107NO5/c1-3-5-7-9-11-13-15-17-19-22-26-30-34-38-42-46-50-56(61)62-51-47-43-39-35-31-27-23-20-21-25-29-33-37-41-45-49-55(60)57-53(52-58)54(59)48-44-40-36-32-28-24-18-16-14-12-10-8-6-4-2/h23,27,44,48,53-54,58-59H,3-22,24-26,28-43,45-47,49-52H2,1-2H3,(H,57,60)/b27-23-,48-44+. The lowest BCUT2D eigenvalue weighted by Crippen LogP contribution is -2.45. The first kappa shape index (κ1) is 60.3. The van der Waals surface area contributed by atoms with E-state index in [1.54, 1.807) is 6.08 Å². The van der Waals surface area contributed by atoms with Crippen LogP contribution in [0.3, 0.4) is 0 Å². The minimum Gasteiger partial charge on any atom is -0.466 e. The van der Waals surface area contributed by atoms with E-state index in [0.29, 0.717) is 19.4 Å². The van der Waals surface area contributed by atoms with Gasteiger partial charge in [-0.2, -0.15) is 0 Å². The van der Waals surface area contributed by atoms with Gasteiger partial charge in [0, 0.05) is 12.8 Å². The fourth-order valence-electron chi connectivity index (χ4n) is 8.45. The molecule has 6 nitrogen and oxygen atoms in total. The number of carbonyl (C=O) groups is 2. The molecule has 0 fully saturated rings. The van der Waals surface area contributed by atoms with Crippen LogP contribution in [0.15, 0.2) is 24.3 Å². The number of allylic oxidation sites excluding steroid dienone is 3. The summed E-state index contributed by atoms with van der Waals surface area (Å²) in [5.74, 6) is -0.0905. The minimum atomic E-state index is -0.853. The normalized spacial score (nSPS) is 12.8. The highest BCUT2D eigenvalue weighted by molar-refractivity contribution is 5.76. The fourth-order valence-corrected chi connectivity index (χ4v) is 8.45. The van der Waals surface area contributed by atoms with Crippen LogP contribution in [0.1, 0.15) is 296 Å². The second-order valence-corrected chi connectivity index (χ2v) is 18.9. The van der Waals surface area contributed by atoms with Gasteiger partial charge in [-0.25, -0.2) is 0 Å². The Labute approximate surface area is 386 Å². The molecule has 6 heteroatoms. The third-order valence-corrected chi connectivity index (χ3v) is 12.7. The van der Waals surface area contributed by atoms with Crippen LogP contribution in [0.2, 0.25) is 0 Å². The number of hydrogen-bond donors (Lipinski definition) is 3. The van der Waals surface area contributed by atoms with Crippen LogP contribution >= 0.6 is 0 Å². The molecule has 0 spiro atoms. The smallest absolute Gasteiger partial charge is 0.305 e. The number of amides is 1. The maximum Gasteiger partial charge on any atom is 0.305 e. The summed E-state index contributed by atoms with van der Waals surface area (Å²) in [6.45, 7) is 4.88. The van der Waals surface area contributed by atoms with Crippen molar-refractivity contribution >= 4 is 11.9 Å². The van der Waals surface area contributed by atoms with Crippen molar-refractivity contribution in [2.24, 2.45) is 0 Å². The minimum absolute atomic E-state index is 0.00786. The third-order valence-electron chi connectivity index (χ3n) is 12.7. The van der Waals surface area contributed by atoms with Crippen LogP contribution < -0.4 is 5.32 Å². The van der Waals surface area contributed by atoms with E-state index in [1.165, 1.54) is 199 Å². The number of aliphatic hydroxyl groups is 2. The lowest BCUT2D eigenvalue weighted by atomic mass is 10.0. The number of carbonyl (C=O) groups excluding carboxylic acids is 2. The molecule has 0 bridgehead atoms. The molecule has 0 saturated heterocycles. The molecule has 0 aliphatic carbocycles. The van der Waals surface area contributed by atoms with E-state index >= 15 is 0 Å². The Morgan fingerprint density at radius 2 is 0.758 bits per heavy atom. The van der Waals surface area contributed by atoms with Gasteiger partial charge in [0.05, 0.1) is 25.4 Å². The van der Waals surface area contributed by atoms with Gasteiger partial charge in [-0.3, -0.25) is 9.59 Å². The second kappa shape index (κ2) is 52.0. The Kier molecular flexibility index (Phi) is 50.6. The fraction of sp³-hybridized carbons (Fsp3) is 0.893. The van der Waals surface area contributed by atoms with Gasteiger partial charge in [0.2, 0.25) is 5.91 Å². The number of esters is 1. The first-order valence-corrected chi connectivity index (χ1v) is 27.6. The molecule has 0 aliphatic heterocycles. The number of nitrogens with one attached hydrogen (secondary N) is 1. The first-order valence-electron chi connectivity index (χ1n) is 27.6. The van der Waals surface area contributed by atoms with Crippen LogP contribution in [0.25, 0.3) is 0 Å².